The number of aliphatic hydroxyl groups is 1. The smallest absolute Gasteiger partial charge is 0.156 e. The van der Waals surface area contributed by atoms with E-state index >= 15 is 0 Å². The van der Waals surface area contributed by atoms with Gasteiger partial charge in [-0.1, -0.05) is 24.6 Å². The lowest BCUT2D eigenvalue weighted by Crippen LogP contribution is -2.01. The largest absolute Gasteiger partial charge is 0.396 e. The maximum atomic E-state index is 13.2. The fraction of sp³-hybridized carbons (Fsp3) is 0.333. The van der Waals surface area contributed by atoms with Crippen molar-refractivity contribution in [2.24, 2.45) is 0 Å². The Bertz CT molecular complexity index is 317. The van der Waals surface area contributed by atoms with Crippen LogP contribution < -0.4 is 0 Å². The summed E-state index contributed by atoms with van der Waals surface area (Å²) in [5, 5.41) is 8.96. The predicted molar refractivity (Wildman–Crippen MR) is 54.6 cm³/mol. The Hall–Kier alpha value is -0.120. The fourth-order valence-corrected chi connectivity index (χ4v) is 1.82. The lowest BCUT2D eigenvalue weighted by Gasteiger charge is -2.11. The summed E-state index contributed by atoms with van der Waals surface area (Å²) in [4.78, 5) is 0. The zero-order chi connectivity index (χ0) is 10.0. The van der Waals surface area contributed by atoms with Gasteiger partial charge in [-0.2, -0.15) is 0 Å². The number of rotatable bonds is 2. The highest BCUT2D eigenvalue weighted by atomic mass is 79.9. The van der Waals surface area contributed by atoms with Gasteiger partial charge in [-0.3, -0.25) is 0 Å². The second kappa shape index (κ2) is 4.40. The minimum Gasteiger partial charge on any atom is -0.396 e. The second-order valence-corrected chi connectivity index (χ2v) is 4.08. The third kappa shape index (κ3) is 2.22. The Morgan fingerprint density at radius 3 is 2.77 bits per heavy atom. The minimum atomic E-state index is -0.473. The minimum absolute atomic E-state index is 0.0409. The van der Waals surface area contributed by atoms with E-state index in [-0.39, 0.29) is 17.5 Å². The summed E-state index contributed by atoms with van der Waals surface area (Å²) in [7, 11) is 0. The van der Waals surface area contributed by atoms with Gasteiger partial charge in [-0.25, -0.2) is 4.39 Å². The number of hydrogen-bond acceptors (Lipinski definition) is 1. The van der Waals surface area contributed by atoms with Crippen molar-refractivity contribution in [3.8, 4) is 0 Å². The standard InChI is InChI=1S/C9H9BrClFO/c1-5(4-13)6-2-3-7(10)9(12)8(6)11/h2-3,5,13H,4H2,1H3. The van der Waals surface area contributed by atoms with Gasteiger partial charge in [0.15, 0.2) is 5.82 Å². The average Bonchev–Trinajstić information content (AvgIpc) is 2.13. The maximum absolute atomic E-state index is 13.2. The topological polar surface area (TPSA) is 20.2 Å². The van der Waals surface area contributed by atoms with Crippen LogP contribution in [0.15, 0.2) is 16.6 Å². The van der Waals surface area contributed by atoms with Gasteiger partial charge < -0.3 is 5.11 Å². The third-order valence-electron chi connectivity index (χ3n) is 1.87. The van der Waals surface area contributed by atoms with Crippen LogP contribution in [-0.2, 0) is 0 Å². The van der Waals surface area contributed by atoms with Crippen LogP contribution in [0.2, 0.25) is 5.02 Å². The summed E-state index contributed by atoms with van der Waals surface area (Å²) in [6.07, 6.45) is 0. The molecule has 0 radical (unpaired) electrons. The van der Waals surface area contributed by atoms with E-state index in [0.29, 0.717) is 10.0 Å². The molecule has 1 rings (SSSR count). The van der Waals surface area contributed by atoms with Crippen molar-refractivity contribution in [2.45, 2.75) is 12.8 Å². The van der Waals surface area contributed by atoms with Crippen LogP contribution in [0.1, 0.15) is 18.4 Å². The molecule has 0 saturated heterocycles. The van der Waals surface area contributed by atoms with E-state index in [1.165, 1.54) is 0 Å². The van der Waals surface area contributed by atoms with E-state index in [0.717, 1.165) is 0 Å². The summed E-state index contributed by atoms with van der Waals surface area (Å²) < 4.78 is 13.6. The van der Waals surface area contributed by atoms with Gasteiger partial charge in [0.2, 0.25) is 0 Å². The lowest BCUT2D eigenvalue weighted by molar-refractivity contribution is 0.273. The average molecular weight is 268 g/mol. The van der Waals surface area contributed by atoms with E-state index < -0.39 is 5.82 Å². The van der Waals surface area contributed by atoms with Gasteiger partial charge in [-0.15, -0.1) is 0 Å². The quantitative estimate of drug-likeness (QED) is 0.815. The number of benzene rings is 1. The van der Waals surface area contributed by atoms with Gasteiger partial charge in [0, 0.05) is 12.5 Å². The molecule has 72 valence electrons. The first-order chi connectivity index (χ1) is 6.07. The van der Waals surface area contributed by atoms with Crippen LogP contribution in [0, 0.1) is 5.82 Å². The van der Waals surface area contributed by atoms with Crippen molar-refractivity contribution in [3.05, 3.63) is 33.0 Å². The molecule has 4 heteroatoms. The van der Waals surface area contributed by atoms with Crippen LogP contribution in [0.3, 0.4) is 0 Å². The molecule has 1 atom stereocenters. The SMILES string of the molecule is CC(CO)c1ccc(Br)c(F)c1Cl. The molecule has 1 aromatic carbocycles. The molecular weight excluding hydrogens is 258 g/mol. The van der Waals surface area contributed by atoms with Crippen molar-refractivity contribution in [3.63, 3.8) is 0 Å². The van der Waals surface area contributed by atoms with Gasteiger partial charge in [-0.05, 0) is 27.6 Å². The molecule has 0 aromatic heterocycles. The first-order valence-corrected chi connectivity index (χ1v) is 4.99. The zero-order valence-corrected chi connectivity index (χ0v) is 9.36. The Kier molecular flexibility index (Phi) is 3.71. The van der Waals surface area contributed by atoms with Gasteiger partial charge in [0.25, 0.3) is 0 Å². The van der Waals surface area contributed by atoms with Crippen LogP contribution in [0.4, 0.5) is 4.39 Å². The Balaban J connectivity index is 3.18. The predicted octanol–water partition coefficient (Wildman–Crippen LogP) is 3.34. The molecule has 0 amide bonds. The number of hydrogen-bond donors (Lipinski definition) is 1. The van der Waals surface area contributed by atoms with E-state index in [2.05, 4.69) is 15.9 Å². The Morgan fingerprint density at radius 1 is 1.62 bits per heavy atom. The van der Waals surface area contributed by atoms with E-state index in [1.54, 1.807) is 19.1 Å². The molecule has 0 bridgehead atoms. The van der Waals surface area contributed by atoms with Crippen LogP contribution in [0.5, 0.6) is 0 Å². The molecule has 1 aromatic rings. The molecule has 13 heavy (non-hydrogen) atoms. The molecule has 0 aliphatic heterocycles. The summed E-state index contributed by atoms with van der Waals surface area (Å²) in [6, 6.07) is 3.29. The van der Waals surface area contributed by atoms with Gasteiger partial charge >= 0.3 is 0 Å². The highest BCUT2D eigenvalue weighted by molar-refractivity contribution is 9.10. The van der Waals surface area contributed by atoms with Gasteiger partial charge in [0.1, 0.15) is 0 Å². The Morgan fingerprint density at radius 2 is 2.23 bits per heavy atom. The summed E-state index contributed by atoms with van der Waals surface area (Å²) >= 11 is 8.79. The normalized spacial score (nSPS) is 13.0. The molecule has 0 heterocycles. The third-order valence-corrected chi connectivity index (χ3v) is 2.87. The Labute approximate surface area is 89.7 Å². The van der Waals surface area contributed by atoms with Crippen molar-refractivity contribution in [1.82, 2.24) is 0 Å². The first kappa shape index (κ1) is 11.0. The van der Waals surface area contributed by atoms with Gasteiger partial charge in [0.05, 0.1) is 9.50 Å². The van der Waals surface area contributed by atoms with Crippen LogP contribution in [-0.4, -0.2) is 11.7 Å². The maximum Gasteiger partial charge on any atom is 0.156 e. The monoisotopic (exact) mass is 266 g/mol. The van der Waals surface area contributed by atoms with Crippen molar-refractivity contribution in [1.29, 1.82) is 0 Å². The summed E-state index contributed by atoms with van der Waals surface area (Å²) in [6.45, 7) is 1.75. The van der Waals surface area contributed by atoms with E-state index in [1.807, 2.05) is 0 Å². The molecule has 1 unspecified atom stereocenters. The van der Waals surface area contributed by atoms with Crippen molar-refractivity contribution < 1.29 is 9.50 Å². The molecular formula is C9H9BrClFO. The molecule has 0 aliphatic carbocycles. The van der Waals surface area contributed by atoms with Crippen molar-refractivity contribution >= 4 is 27.5 Å². The molecule has 1 nitrogen and oxygen atoms in total. The molecule has 0 fully saturated rings. The molecule has 0 aliphatic rings. The van der Waals surface area contributed by atoms with Crippen molar-refractivity contribution in [2.75, 3.05) is 6.61 Å². The molecule has 1 N–H and O–H groups in total. The van der Waals surface area contributed by atoms with E-state index in [9.17, 15) is 4.39 Å². The highest BCUT2D eigenvalue weighted by Crippen LogP contribution is 2.30. The summed E-state index contributed by atoms with van der Waals surface area (Å²) in [5.74, 6) is -0.616. The number of aliphatic hydroxyl groups excluding tert-OH is 1. The molecule has 0 saturated carbocycles. The first-order valence-electron chi connectivity index (χ1n) is 3.82. The summed E-state index contributed by atoms with van der Waals surface area (Å²) in [5.41, 5.74) is 0.630. The molecule has 0 spiro atoms. The second-order valence-electron chi connectivity index (χ2n) is 2.85. The zero-order valence-electron chi connectivity index (χ0n) is 7.02. The fourth-order valence-electron chi connectivity index (χ4n) is 1.02. The number of halogens is 3. The van der Waals surface area contributed by atoms with Crippen LogP contribution in [0.25, 0.3) is 0 Å². The lowest BCUT2D eigenvalue weighted by atomic mass is 10.0. The van der Waals surface area contributed by atoms with Crippen LogP contribution >= 0.6 is 27.5 Å². The highest BCUT2D eigenvalue weighted by Gasteiger charge is 2.14. The van der Waals surface area contributed by atoms with E-state index in [4.69, 9.17) is 16.7 Å².